The predicted molar refractivity (Wildman–Crippen MR) is 116 cm³/mol. The van der Waals surface area contributed by atoms with Crippen LogP contribution in [0.5, 0.6) is 5.75 Å². The first-order valence-corrected chi connectivity index (χ1v) is 10.8. The Morgan fingerprint density at radius 2 is 1.97 bits per heavy atom. The fraction of sp³-hybridized carbons (Fsp3) is 0.435. The average Bonchev–Trinajstić information content (AvgIpc) is 3.14. The molecule has 1 saturated heterocycles. The van der Waals surface area contributed by atoms with Crippen molar-refractivity contribution in [1.82, 2.24) is 14.9 Å². The lowest BCUT2D eigenvalue weighted by molar-refractivity contribution is -0.134. The Morgan fingerprint density at radius 3 is 2.70 bits per heavy atom. The van der Waals surface area contributed by atoms with E-state index in [1.807, 2.05) is 12.1 Å². The third-order valence-corrected chi connectivity index (χ3v) is 5.95. The van der Waals surface area contributed by atoms with Gasteiger partial charge in [0.1, 0.15) is 12.6 Å². The number of pyridine rings is 1. The summed E-state index contributed by atoms with van der Waals surface area (Å²) < 4.78 is 45.3. The standard InChI is InChI=1S/C23H26F3N5O2/c24-17-6-1-2-7-19(17)33-13-18(27)22(32)30-10-8-20-23(14-30,11-16-5-3-4-9-28-16)15-31(29-20)12-21(25)26/h1-7,9,18,21H,8,10-15,27H2/t18-,23-/m1/s1. The second kappa shape index (κ2) is 9.78. The number of hydrazone groups is 1. The lowest BCUT2D eigenvalue weighted by atomic mass is 9.74. The van der Waals surface area contributed by atoms with Crippen molar-refractivity contribution < 1.29 is 22.7 Å². The second-order valence-electron chi connectivity index (χ2n) is 8.42. The molecule has 2 N–H and O–H groups in total. The number of benzene rings is 1. The third-order valence-electron chi connectivity index (χ3n) is 5.95. The Hall–Kier alpha value is -3.14. The number of para-hydroxylation sites is 1. The van der Waals surface area contributed by atoms with Gasteiger partial charge in [-0.3, -0.25) is 14.8 Å². The number of aromatic nitrogens is 1. The minimum atomic E-state index is -2.51. The molecule has 0 spiro atoms. The molecule has 1 fully saturated rings. The second-order valence-corrected chi connectivity index (χ2v) is 8.42. The molecule has 176 valence electrons. The van der Waals surface area contributed by atoms with Crippen LogP contribution >= 0.6 is 0 Å². The highest BCUT2D eigenvalue weighted by Crippen LogP contribution is 2.37. The molecule has 33 heavy (non-hydrogen) atoms. The van der Waals surface area contributed by atoms with E-state index in [0.717, 1.165) is 11.4 Å². The molecule has 10 heteroatoms. The highest BCUT2D eigenvalue weighted by Gasteiger charge is 2.48. The number of nitrogens with zero attached hydrogens (tertiary/aromatic N) is 4. The van der Waals surface area contributed by atoms with Crippen LogP contribution in [0.1, 0.15) is 12.1 Å². The van der Waals surface area contributed by atoms with E-state index >= 15 is 0 Å². The van der Waals surface area contributed by atoms with Gasteiger partial charge in [-0.25, -0.2) is 13.2 Å². The molecule has 2 atom stereocenters. The van der Waals surface area contributed by atoms with Gasteiger partial charge in [0, 0.05) is 50.1 Å². The van der Waals surface area contributed by atoms with E-state index in [0.29, 0.717) is 19.4 Å². The van der Waals surface area contributed by atoms with Crippen molar-refractivity contribution in [3.8, 4) is 5.75 Å². The number of ether oxygens (including phenoxy) is 1. The van der Waals surface area contributed by atoms with Crippen molar-refractivity contribution in [2.75, 3.05) is 32.8 Å². The van der Waals surface area contributed by atoms with E-state index < -0.39 is 30.2 Å². The molecule has 0 saturated carbocycles. The monoisotopic (exact) mass is 461 g/mol. The quantitative estimate of drug-likeness (QED) is 0.653. The zero-order chi connectivity index (χ0) is 23.4. The zero-order valence-corrected chi connectivity index (χ0v) is 18.0. The number of hydrogen-bond acceptors (Lipinski definition) is 6. The van der Waals surface area contributed by atoms with Crippen molar-refractivity contribution in [2.45, 2.75) is 25.3 Å². The van der Waals surface area contributed by atoms with Crippen LogP contribution in [0.25, 0.3) is 0 Å². The number of piperidine rings is 1. The lowest BCUT2D eigenvalue weighted by Gasteiger charge is -2.41. The summed E-state index contributed by atoms with van der Waals surface area (Å²) in [6.45, 7) is 0.291. The van der Waals surface area contributed by atoms with E-state index in [4.69, 9.17) is 10.5 Å². The number of fused-ring (bicyclic) bond motifs is 1. The normalized spacial score (nSPS) is 21.1. The lowest BCUT2D eigenvalue weighted by Crippen LogP contribution is -2.57. The Kier molecular flexibility index (Phi) is 6.83. The summed E-state index contributed by atoms with van der Waals surface area (Å²) in [4.78, 5) is 19.1. The van der Waals surface area contributed by atoms with Crippen LogP contribution in [0.3, 0.4) is 0 Å². The zero-order valence-electron chi connectivity index (χ0n) is 18.0. The summed E-state index contributed by atoms with van der Waals surface area (Å²) in [5.41, 5.74) is 7.06. The first-order chi connectivity index (χ1) is 15.9. The van der Waals surface area contributed by atoms with Crippen LogP contribution in [0.4, 0.5) is 13.2 Å². The van der Waals surface area contributed by atoms with Crippen molar-refractivity contribution in [1.29, 1.82) is 0 Å². The maximum Gasteiger partial charge on any atom is 0.257 e. The summed E-state index contributed by atoms with van der Waals surface area (Å²) in [5.74, 6) is -0.840. The van der Waals surface area contributed by atoms with E-state index in [2.05, 4.69) is 10.1 Å². The van der Waals surface area contributed by atoms with Gasteiger partial charge >= 0.3 is 0 Å². The number of nitrogens with two attached hydrogens (primary N) is 1. The number of amides is 1. The molecule has 7 nitrogen and oxygen atoms in total. The van der Waals surface area contributed by atoms with Gasteiger partial charge in [0.05, 0.1) is 12.0 Å². The van der Waals surface area contributed by atoms with Gasteiger partial charge in [-0.2, -0.15) is 5.10 Å². The summed E-state index contributed by atoms with van der Waals surface area (Å²) in [7, 11) is 0. The summed E-state index contributed by atoms with van der Waals surface area (Å²) in [5, 5.41) is 5.84. The molecule has 1 aromatic carbocycles. The van der Waals surface area contributed by atoms with E-state index in [-0.39, 0.29) is 31.4 Å². The minimum Gasteiger partial charge on any atom is -0.488 e. The Bertz CT molecular complexity index is 1010. The number of hydrogen-bond donors (Lipinski definition) is 1. The summed E-state index contributed by atoms with van der Waals surface area (Å²) in [6.07, 6.45) is 0.0929. The van der Waals surface area contributed by atoms with Crippen LogP contribution in [-0.2, 0) is 11.2 Å². The topological polar surface area (TPSA) is 84.0 Å². The first-order valence-electron chi connectivity index (χ1n) is 10.8. The summed E-state index contributed by atoms with van der Waals surface area (Å²) >= 11 is 0. The van der Waals surface area contributed by atoms with Gasteiger partial charge in [-0.05, 0) is 24.3 Å². The van der Waals surface area contributed by atoms with Gasteiger partial charge < -0.3 is 15.4 Å². The van der Waals surface area contributed by atoms with Crippen molar-refractivity contribution in [2.24, 2.45) is 16.3 Å². The van der Waals surface area contributed by atoms with Crippen LogP contribution in [0, 0.1) is 11.2 Å². The molecule has 2 aliphatic rings. The summed E-state index contributed by atoms with van der Waals surface area (Å²) in [6, 6.07) is 10.5. The fourth-order valence-corrected chi connectivity index (χ4v) is 4.46. The molecule has 1 amide bonds. The Balaban J connectivity index is 1.47. The van der Waals surface area contributed by atoms with Gasteiger partial charge in [-0.15, -0.1) is 0 Å². The molecular formula is C23H26F3N5O2. The largest absolute Gasteiger partial charge is 0.488 e. The molecular weight excluding hydrogens is 435 g/mol. The van der Waals surface area contributed by atoms with Gasteiger partial charge in [0.2, 0.25) is 5.91 Å². The minimum absolute atomic E-state index is 0.0267. The van der Waals surface area contributed by atoms with E-state index in [1.165, 1.54) is 17.1 Å². The van der Waals surface area contributed by atoms with Crippen LogP contribution in [0.2, 0.25) is 0 Å². The molecule has 2 aliphatic heterocycles. The Morgan fingerprint density at radius 1 is 1.18 bits per heavy atom. The molecule has 4 rings (SSSR count). The van der Waals surface area contributed by atoms with Gasteiger partial charge in [0.15, 0.2) is 11.6 Å². The number of rotatable bonds is 8. The maximum atomic E-state index is 13.8. The molecule has 0 bridgehead atoms. The van der Waals surface area contributed by atoms with Gasteiger partial charge in [0.25, 0.3) is 6.43 Å². The maximum absolute atomic E-state index is 13.8. The first kappa shape index (κ1) is 23.0. The van der Waals surface area contributed by atoms with Crippen molar-refractivity contribution in [3.63, 3.8) is 0 Å². The van der Waals surface area contributed by atoms with Crippen LogP contribution in [-0.4, -0.2) is 71.8 Å². The molecule has 3 heterocycles. The van der Waals surface area contributed by atoms with E-state index in [1.54, 1.807) is 29.3 Å². The highest BCUT2D eigenvalue weighted by molar-refractivity contribution is 5.95. The third kappa shape index (κ3) is 5.27. The molecule has 0 radical (unpaired) electrons. The number of halogens is 3. The molecule has 1 aromatic heterocycles. The Labute approximate surface area is 190 Å². The smallest absolute Gasteiger partial charge is 0.257 e. The number of alkyl halides is 2. The number of carbonyl (C=O) groups is 1. The fourth-order valence-electron chi connectivity index (χ4n) is 4.46. The molecule has 2 aromatic rings. The average molecular weight is 461 g/mol. The molecule has 0 aliphatic carbocycles. The van der Waals surface area contributed by atoms with E-state index in [9.17, 15) is 18.0 Å². The predicted octanol–water partition coefficient (Wildman–Crippen LogP) is 2.32. The number of carbonyl (C=O) groups excluding carboxylic acids is 1. The van der Waals surface area contributed by atoms with Gasteiger partial charge in [-0.1, -0.05) is 18.2 Å². The van der Waals surface area contributed by atoms with Crippen LogP contribution in [0.15, 0.2) is 53.8 Å². The van der Waals surface area contributed by atoms with Crippen molar-refractivity contribution in [3.05, 3.63) is 60.2 Å². The highest BCUT2D eigenvalue weighted by atomic mass is 19.3. The molecule has 0 unspecified atom stereocenters. The van der Waals surface area contributed by atoms with Crippen molar-refractivity contribution >= 4 is 11.6 Å². The van der Waals surface area contributed by atoms with Crippen LogP contribution < -0.4 is 10.5 Å². The number of likely N-dealkylation sites (tertiary alicyclic amines) is 1. The SMILES string of the molecule is N[C@H](COc1ccccc1F)C(=O)N1CCC2=NN(CC(F)F)C[C@@]2(Cc2ccccn2)C1.